The topological polar surface area (TPSA) is 59.3 Å². The lowest BCUT2D eigenvalue weighted by Crippen LogP contribution is -2.34. The lowest BCUT2D eigenvalue weighted by atomic mass is 9.99. The normalized spacial score (nSPS) is 13.8. The zero-order valence-corrected chi connectivity index (χ0v) is 14.3. The van der Waals surface area contributed by atoms with E-state index >= 15 is 0 Å². The Morgan fingerprint density at radius 2 is 1.96 bits per heavy atom. The van der Waals surface area contributed by atoms with Gasteiger partial charge in [0.25, 0.3) is 0 Å². The van der Waals surface area contributed by atoms with E-state index in [-0.39, 0.29) is 0 Å². The molecule has 1 aromatic heterocycles. The van der Waals surface area contributed by atoms with Gasteiger partial charge in [-0.15, -0.1) is 0 Å². The molecule has 126 valence electrons. The predicted octanol–water partition coefficient (Wildman–Crippen LogP) is 2.58. The van der Waals surface area contributed by atoms with Crippen molar-refractivity contribution in [3.8, 4) is 5.75 Å². The molecule has 1 atom stereocenters. The second kappa shape index (κ2) is 6.63. The second-order valence-corrected chi connectivity index (χ2v) is 6.33. The molecule has 0 saturated carbocycles. The molecule has 24 heavy (non-hydrogen) atoms. The molecule has 0 radical (unpaired) electrons. The molecule has 5 heteroatoms. The molecule has 3 aromatic rings. The predicted molar refractivity (Wildman–Crippen MR) is 95.0 cm³/mol. The molecule has 1 unspecified atom stereocenters. The van der Waals surface area contributed by atoms with Crippen molar-refractivity contribution in [1.29, 1.82) is 0 Å². The maximum atomic E-state index is 10.6. The van der Waals surface area contributed by atoms with E-state index < -0.39 is 5.60 Å². The van der Waals surface area contributed by atoms with Crippen LogP contribution in [0.2, 0.25) is 0 Å². The summed E-state index contributed by atoms with van der Waals surface area (Å²) in [5, 5.41) is 20.3. The Kier molecular flexibility index (Phi) is 4.55. The minimum absolute atomic E-state index is 0.458. The molecule has 2 aromatic carbocycles. The first-order valence-corrected chi connectivity index (χ1v) is 7.97. The van der Waals surface area contributed by atoms with Crippen molar-refractivity contribution in [1.82, 2.24) is 15.1 Å². The Bertz CT molecular complexity index is 839. The van der Waals surface area contributed by atoms with E-state index in [0.717, 1.165) is 16.7 Å². The fourth-order valence-electron chi connectivity index (χ4n) is 2.76. The van der Waals surface area contributed by atoms with E-state index in [0.29, 0.717) is 13.1 Å². The number of hydrogen-bond donors (Lipinski definition) is 2. The highest BCUT2D eigenvalue weighted by atomic mass is 16.5. The van der Waals surface area contributed by atoms with Crippen molar-refractivity contribution in [2.45, 2.75) is 19.1 Å². The van der Waals surface area contributed by atoms with Crippen molar-refractivity contribution in [2.24, 2.45) is 7.05 Å². The summed E-state index contributed by atoms with van der Waals surface area (Å²) in [5.74, 6) is 0.862. The Balaban J connectivity index is 1.65. The number of fused-ring (bicyclic) bond motifs is 1. The molecule has 0 amide bonds. The highest BCUT2D eigenvalue weighted by Crippen LogP contribution is 2.22. The van der Waals surface area contributed by atoms with E-state index in [4.69, 9.17) is 4.74 Å². The third-order valence-corrected chi connectivity index (χ3v) is 4.24. The van der Waals surface area contributed by atoms with Gasteiger partial charge in [0.05, 0.1) is 13.3 Å². The monoisotopic (exact) mass is 325 g/mol. The van der Waals surface area contributed by atoms with Crippen molar-refractivity contribution >= 4 is 10.8 Å². The number of aryl methyl sites for hydroxylation is 1. The van der Waals surface area contributed by atoms with Gasteiger partial charge in [-0.1, -0.05) is 18.2 Å². The molecule has 0 aliphatic carbocycles. The number of aromatic nitrogens is 2. The second-order valence-electron chi connectivity index (χ2n) is 6.33. The number of benzene rings is 2. The highest BCUT2D eigenvalue weighted by Gasteiger charge is 2.24. The van der Waals surface area contributed by atoms with Gasteiger partial charge in [-0.2, -0.15) is 5.10 Å². The molecule has 0 fully saturated rings. The number of nitrogens with one attached hydrogen (secondary N) is 1. The van der Waals surface area contributed by atoms with Crippen LogP contribution >= 0.6 is 0 Å². The van der Waals surface area contributed by atoms with Gasteiger partial charge in [0, 0.05) is 31.9 Å². The minimum atomic E-state index is -0.946. The molecule has 2 N–H and O–H groups in total. The molecule has 5 nitrogen and oxygen atoms in total. The van der Waals surface area contributed by atoms with Crippen LogP contribution in [0.1, 0.15) is 18.1 Å². The zero-order valence-electron chi connectivity index (χ0n) is 14.3. The van der Waals surface area contributed by atoms with Gasteiger partial charge in [-0.25, -0.2) is 0 Å². The van der Waals surface area contributed by atoms with Gasteiger partial charge in [0.2, 0.25) is 0 Å². The Hall–Kier alpha value is -2.37. The fraction of sp³-hybridized carbons (Fsp3) is 0.316. The number of rotatable bonds is 6. The van der Waals surface area contributed by atoms with Crippen LogP contribution in [-0.2, 0) is 19.2 Å². The molecule has 1 heterocycles. The molecule has 0 bridgehead atoms. The van der Waals surface area contributed by atoms with E-state index in [1.807, 2.05) is 25.4 Å². The van der Waals surface area contributed by atoms with Crippen LogP contribution in [0.25, 0.3) is 10.8 Å². The van der Waals surface area contributed by atoms with Crippen LogP contribution in [0, 0.1) is 0 Å². The molecule has 0 saturated heterocycles. The summed E-state index contributed by atoms with van der Waals surface area (Å²) < 4.78 is 6.95. The summed E-state index contributed by atoms with van der Waals surface area (Å²) >= 11 is 0. The SMILES string of the molecule is COc1ccc2cc(CNCC(C)(O)c3cnn(C)c3)ccc2c1. The average molecular weight is 325 g/mol. The van der Waals surface area contributed by atoms with E-state index in [2.05, 4.69) is 34.7 Å². The first-order chi connectivity index (χ1) is 11.5. The zero-order chi connectivity index (χ0) is 17.2. The van der Waals surface area contributed by atoms with Gasteiger partial charge < -0.3 is 15.2 Å². The van der Waals surface area contributed by atoms with Gasteiger partial charge in [-0.05, 0) is 41.5 Å². The van der Waals surface area contributed by atoms with E-state index in [9.17, 15) is 5.11 Å². The van der Waals surface area contributed by atoms with Crippen molar-refractivity contribution in [3.63, 3.8) is 0 Å². The Morgan fingerprint density at radius 1 is 1.21 bits per heavy atom. The lowest BCUT2D eigenvalue weighted by Gasteiger charge is -2.22. The van der Waals surface area contributed by atoms with Crippen LogP contribution in [0.4, 0.5) is 0 Å². The third kappa shape index (κ3) is 3.58. The summed E-state index contributed by atoms with van der Waals surface area (Å²) in [6.45, 7) is 2.95. The average Bonchev–Trinajstić information content (AvgIpc) is 3.01. The summed E-state index contributed by atoms with van der Waals surface area (Å²) in [4.78, 5) is 0. The smallest absolute Gasteiger partial charge is 0.119 e. The molecule has 0 aliphatic rings. The molecular formula is C19H23N3O2. The van der Waals surface area contributed by atoms with Crippen LogP contribution in [0.15, 0.2) is 48.8 Å². The van der Waals surface area contributed by atoms with Crippen molar-refractivity contribution in [2.75, 3.05) is 13.7 Å². The van der Waals surface area contributed by atoms with Crippen molar-refractivity contribution in [3.05, 3.63) is 59.9 Å². The van der Waals surface area contributed by atoms with E-state index in [1.165, 1.54) is 10.9 Å². The molecule has 3 rings (SSSR count). The largest absolute Gasteiger partial charge is 0.497 e. The summed E-state index contributed by atoms with van der Waals surface area (Å²) in [6, 6.07) is 12.4. The molecule has 0 spiro atoms. The number of ether oxygens (including phenoxy) is 1. The number of methoxy groups -OCH3 is 1. The van der Waals surface area contributed by atoms with Gasteiger partial charge in [0.15, 0.2) is 0 Å². The van der Waals surface area contributed by atoms with Crippen LogP contribution < -0.4 is 10.1 Å². The Morgan fingerprint density at radius 3 is 2.67 bits per heavy atom. The first kappa shape index (κ1) is 16.5. The molecule has 0 aliphatic heterocycles. The minimum Gasteiger partial charge on any atom is -0.497 e. The molecular weight excluding hydrogens is 302 g/mol. The lowest BCUT2D eigenvalue weighted by molar-refractivity contribution is 0.0566. The maximum Gasteiger partial charge on any atom is 0.119 e. The van der Waals surface area contributed by atoms with Gasteiger partial charge >= 0.3 is 0 Å². The Labute approximate surface area is 141 Å². The maximum absolute atomic E-state index is 10.6. The number of hydrogen-bond acceptors (Lipinski definition) is 4. The summed E-state index contributed by atoms with van der Waals surface area (Å²) in [5.41, 5.74) is 1.04. The van der Waals surface area contributed by atoms with Crippen LogP contribution in [0.5, 0.6) is 5.75 Å². The fourth-order valence-corrected chi connectivity index (χ4v) is 2.76. The summed E-state index contributed by atoms with van der Waals surface area (Å²) in [7, 11) is 3.52. The number of aliphatic hydroxyl groups is 1. The third-order valence-electron chi connectivity index (χ3n) is 4.24. The number of nitrogens with zero attached hydrogens (tertiary/aromatic N) is 2. The van der Waals surface area contributed by atoms with Crippen LogP contribution in [-0.4, -0.2) is 28.5 Å². The van der Waals surface area contributed by atoms with Gasteiger partial charge in [0.1, 0.15) is 11.4 Å². The quantitative estimate of drug-likeness (QED) is 0.731. The first-order valence-electron chi connectivity index (χ1n) is 7.97. The standard InChI is InChI=1S/C19H23N3O2/c1-19(23,17-11-21-22(2)12-17)13-20-10-14-4-5-16-9-18(24-3)7-6-15(16)8-14/h4-9,11-12,20,23H,10,13H2,1-3H3. The van der Waals surface area contributed by atoms with E-state index in [1.54, 1.807) is 24.9 Å². The van der Waals surface area contributed by atoms with Gasteiger partial charge in [-0.3, -0.25) is 4.68 Å². The van der Waals surface area contributed by atoms with Crippen LogP contribution in [0.3, 0.4) is 0 Å². The summed E-state index contributed by atoms with van der Waals surface area (Å²) in [6.07, 6.45) is 3.54. The highest BCUT2D eigenvalue weighted by molar-refractivity contribution is 5.84. The van der Waals surface area contributed by atoms with Crippen molar-refractivity contribution < 1.29 is 9.84 Å².